The largest absolute Gasteiger partial charge is 0.351 e. The predicted octanol–water partition coefficient (Wildman–Crippen LogP) is 2.59. The van der Waals surface area contributed by atoms with E-state index in [-0.39, 0.29) is 11.5 Å². The Bertz CT molecular complexity index is 282. The predicted molar refractivity (Wildman–Crippen MR) is 74.1 cm³/mol. The fourth-order valence-electron chi connectivity index (χ4n) is 3.71. The molecule has 2 rings (SSSR count). The summed E-state index contributed by atoms with van der Waals surface area (Å²) >= 11 is 0. The van der Waals surface area contributed by atoms with Crippen LogP contribution in [0.15, 0.2) is 0 Å². The molecular formula is C15H28N2O. The van der Waals surface area contributed by atoms with Gasteiger partial charge in [-0.2, -0.15) is 0 Å². The van der Waals surface area contributed by atoms with Crippen LogP contribution in [-0.4, -0.2) is 18.0 Å². The highest BCUT2D eigenvalue weighted by Gasteiger charge is 2.34. The first-order valence-corrected chi connectivity index (χ1v) is 7.65. The van der Waals surface area contributed by atoms with Gasteiger partial charge in [-0.1, -0.05) is 25.7 Å². The first-order chi connectivity index (χ1) is 8.63. The lowest BCUT2D eigenvalue weighted by molar-refractivity contribution is -0.128. The summed E-state index contributed by atoms with van der Waals surface area (Å²) in [5, 5.41) is 3.32. The molecule has 104 valence electrons. The van der Waals surface area contributed by atoms with Gasteiger partial charge in [0.25, 0.3) is 0 Å². The monoisotopic (exact) mass is 252 g/mol. The molecule has 2 unspecified atom stereocenters. The van der Waals surface area contributed by atoms with Crippen molar-refractivity contribution >= 4 is 5.91 Å². The van der Waals surface area contributed by atoms with E-state index in [4.69, 9.17) is 5.73 Å². The van der Waals surface area contributed by atoms with Crippen LogP contribution in [0.2, 0.25) is 0 Å². The number of amides is 1. The summed E-state index contributed by atoms with van der Waals surface area (Å²) in [5.41, 5.74) is 5.71. The number of hydrogen-bond donors (Lipinski definition) is 2. The molecular weight excluding hydrogens is 224 g/mol. The summed E-state index contributed by atoms with van der Waals surface area (Å²) in [6, 6.07) is 0. The Morgan fingerprint density at radius 1 is 1.28 bits per heavy atom. The summed E-state index contributed by atoms with van der Waals surface area (Å²) in [4.78, 5) is 12.4. The highest BCUT2D eigenvalue weighted by Crippen LogP contribution is 2.33. The second-order valence-corrected chi connectivity index (χ2v) is 6.56. The zero-order chi connectivity index (χ0) is 13.0. The molecule has 2 fully saturated rings. The van der Waals surface area contributed by atoms with Crippen molar-refractivity contribution in [3.63, 3.8) is 0 Å². The van der Waals surface area contributed by atoms with Crippen molar-refractivity contribution in [3.8, 4) is 0 Å². The molecule has 18 heavy (non-hydrogen) atoms. The maximum absolute atomic E-state index is 12.4. The SMILES string of the molecule is CC1(NC(=O)C2CCCC(CCN)C2)CCCC1. The lowest BCUT2D eigenvalue weighted by atomic mass is 9.79. The Kier molecular flexibility index (Phi) is 4.66. The number of carbonyl (C=O) groups is 1. The fraction of sp³-hybridized carbons (Fsp3) is 0.933. The molecule has 0 spiro atoms. The number of nitrogens with one attached hydrogen (secondary N) is 1. The Morgan fingerprint density at radius 2 is 2.00 bits per heavy atom. The number of rotatable bonds is 4. The molecule has 2 aliphatic carbocycles. The van der Waals surface area contributed by atoms with Crippen molar-refractivity contribution in [3.05, 3.63) is 0 Å². The van der Waals surface area contributed by atoms with E-state index in [9.17, 15) is 4.79 Å². The summed E-state index contributed by atoms with van der Waals surface area (Å²) in [7, 11) is 0. The summed E-state index contributed by atoms with van der Waals surface area (Å²) in [5.74, 6) is 1.23. The first-order valence-electron chi connectivity index (χ1n) is 7.65. The molecule has 2 saturated carbocycles. The summed E-state index contributed by atoms with van der Waals surface area (Å²) < 4.78 is 0. The number of hydrogen-bond acceptors (Lipinski definition) is 2. The Balaban J connectivity index is 1.84. The van der Waals surface area contributed by atoms with Gasteiger partial charge in [-0.3, -0.25) is 4.79 Å². The minimum Gasteiger partial charge on any atom is -0.351 e. The van der Waals surface area contributed by atoms with E-state index >= 15 is 0 Å². The van der Waals surface area contributed by atoms with Gasteiger partial charge in [0.1, 0.15) is 0 Å². The number of nitrogens with two attached hydrogens (primary N) is 1. The van der Waals surface area contributed by atoms with Crippen molar-refractivity contribution in [1.29, 1.82) is 0 Å². The van der Waals surface area contributed by atoms with Crippen LogP contribution in [0.4, 0.5) is 0 Å². The van der Waals surface area contributed by atoms with Crippen LogP contribution in [0.1, 0.15) is 64.7 Å². The molecule has 0 heterocycles. The molecule has 3 heteroatoms. The molecule has 3 N–H and O–H groups in total. The van der Waals surface area contributed by atoms with E-state index < -0.39 is 0 Å². The van der Waals surface area contributed by atoms with E-state index in [0.29, 0.717) is 11.8 Å². The maximum atomic E-state index is 12.4. The van der Waals surface area contributed by atoms with Crippen LogP contribution in [0, 0.1) is 11.8 Å². The maximum Gasteiger partial charge on any atom is 0.223 e. The molecule has 1 amide bonds. The van der Waals surface area contributed by atoms with Gasteiger partial charge in [0.15, 0.2) is 0 Å². The molecule has 2 aliphatic rings. The zero-order valence-corrected chi connectivity index (χ0v) is 11.7. The normalized spacial score (nSPS) is 31.2. The van der Waals surface area contributed by atoms with Crippen LogP contribution in [0.5, 0.6) is 0 Å². The van der Waals surface area contributed by atoms with Crippen molar-refractivity contribution in [2.75, 3.05) is 6.54 Å². The van der Waals surface area contributed by atoms with E-state index in [1.807, 2.05) is 0 Å². The zero-order valence-electron chi connectivity index (χ0n) is 11.7. The van der Waals surface area contributed by atoms with Crippen molar-refractivity contribution < 1.29 is 4.79 Å². The van der Waals surface area contributed by atoms with Gasteiger partial charge in [0.05, 0.1) is 0 Å². The second kappa shape index (κ2) is 6.05. The van der Waals surface area contributed by atoms with E-state index in [0.717, 1.165) is 38.6 Å². The van der Waals surface area contributed by atoms with Crippen LogP contribution in [0.25, 0.3) is 0 Å². The van der Waals surface area contributed by atoms with E-state index in [1.165, 1.54) is 25.7 Å². The highest BCUT2D eigenvalue weighted by molar-refractivity contribution is 5.79. The average Bonchev–Trinajstić information content (AvgIpc) is 2.76. The molecule has 0 aromatic heterocycles. The van der Waals surface area contributed by atoms with Gasteiger partial charge in [0.2, 0.25) is 5.91 Å². The Labute approximate surface area is 111 Å². The van der Waals surface area contributed by atoms with Gasteiger partial charge in [0, 0.05) is 11.5 Å². The third-order valence-corrected chi connectivity index (χ3v) is 4.86. The van der Waals surface area contributed by atoms with Gasteiger partial charge in [-0.05, 0) is 51.5 Å². The standard InChI is InChI=1S/C15H28N2O/c1-15(8-2-3-9-15)17-14(18)13-6-4-5-12(11-13)7-10-16/h12-13H,2-11,16H2,1H3,(H,17,18). The average molecular weight is 252 g/mol. The van der Waals surface area contributed by atoms with Crippen molar-refractivity contribution in [2.45, 2.75) is 70.3 Å². The van der Waals surface area contributed by atoms with Gasteiger partial charge < -0.3 is 11.1 Å². The second-order valence-electron chi connectivity index (χ2n) is 6.56. The summed E-state index contributed by atoms with van der Waals surface area (Å²) in [6.45, 7) is 2.97. The van der Waals surface area contributed by atoms with E-state index in [2.05, 4.69) is 12.2 Å². The molecule has 2 atom stereocenters. The Hall–Kier alpha value is -0.570. The van der Waals surface area contributed by atoms with Gasteiger partial charge in [-0.15, -0.1) is 0 Å². The minimum atomic E-state index is 0.0812. The molecule has 0 aromatic rings. The fourth-order valence-corrected chi connectivity index (χ4v) is 3.71. The van der Waals surface area contributed by atoms with Gasteiger partial charge >= 0.3 is 0 Å². The lowest BCUT2D eigenvalue weighted by Crippen LogP contribution is -2.47. The lowest BCUT2D eigenvalue weighted by Gasteiger charge is -2.32. The van der Waals surface area contributed by atoms with Crippen LogP contribution >= 0.6 is 0 Å². The third kappa shape index (κ3) is 3.47. The number of carbonyl (C=O) groups excluding carboxylic acids is 1. The molecule has 0 bridgehead atoms. The highest BCUT2D eigenvalue weighted by atomic mass is 16.2. The third-order valence-electron chi connectivity index (χ3n) is 4.86. The molecule has 0 saturated heterocycles. The molecule has 0 aliphatic heterocycles. The molecule has 3 nitrogen and oxygen atoms in total. The van der Waals surface area contributed by atoms with Gasteiger partial charge in [-0.25, -0.2) is 0 Å². The first kappa shape index (κ1) is 13.9. The van der Waals surface area contributed by atoms with Crippen molar-refractivity contribution in [2.24, 2.45) is 17.6 Å². The summed E-state index contributed by atoms with van der Waals surface area (Å²) in [6.07, 6.45) is 10.5. The smallest absolute Gasteiger partial charge is 0.223 e. The van der Waals surface area contributed by atoms with Crippen LogP contribution < -0.4 is 11.1 Å². The topological polar surface area (TPSA) is 55.1 Å². The van der Waals surface area contributed by atoms with Crippen molar-refractivity contribution in [1.82, 2.24) is 5.32 Å². The molecule has 0 radical (unpaired) electrons. The molecule has 0 aromatic carbocycles. The quantitative estimate of drug-likeness (QED) is 0.808. The minimum absolute atomic E-state index is 0.0812. The van der Waals surface area contributed by atoms with E-state index in [1.54, 1.807) is 0 Å². The Morgan fingerprint density at radius 3 is 2.67 bits per heavy atom. The van der Waals surface area contributed by atoms with Crippen LogP contribution in [-0.2, 0) is 4.79 Å². The van der Waals surface area contributed by atoms with Crippen LogP contribution in [0.3, 0.4) is 0 Å².